The maximum absolute atomic E-state index is 12.2. The predicted molar refractivity (Wildman–Crippen MR) is 117 cm³/mol. The van der Waals surface area contributed by atoms with Crippen LogP contribution >= 0.6 is 0 Å². The lowest BCUT2D eigenvalue weighted by Crippen LogP contribution is -2.25. The molecule has 0 heterocycles. The summed E-state index contributed by atoms with van der Waals surface area (Å²) in [6.45, 7) is 1.16. The van der Waals surface area contributed by atoms with Crippen molar-refractivity contribution in [2.45, 2.75) is 6.42 Å². The lowest BCUT2D eigenvalue weighted by molar-refractivity contribution is -0.114. The smallest absolute Gasteiger partial charge is 0.253 e. The van der Waals surface area contributed by atoms with E-state index in [1.54, 1.807) is 69.7 Å². The van der Waals surface area contributed by atoms with Crippen molar-refractivity contribution in [2.75, 3.05) is 51.5 Å². The molecule has 0 aliphatic heterocycles. The summed E-state index contributed by atoms with van der Waals surface area (Å²) in [4.78, 5) is 37.8. The molecule has 0 aliphatic carbocycles. The quantitative estimate of drug-likeness (QED) is 0.520. The number of carbonyl (C=O) groups excluding carboxylic acids is 3. The van der Waals surface area contributed by atoms with Crippen LogP contribution in [0.25, 0.3) is 0 Å². The van der Waals surface area contributed by atoms with Crippen molar-refractivity contribution in [3.63, 3.8) is 0 Å². The van der Waals surface area contributed by atoms with Crippen LogP contribution in [0.5, 0.6) is 0 Å². The van der Waals surface area contributed by atoms with E-state index in [0.717, 1.165) is 6.42 Å². The summed E-state index contributed by atoms with van der Waals surface area (Å²) >= 11 is 0. The number of benzene rings is 2. The van der Waals surface area contributed by atoms with E-state index in [1.165, 1.54) is 4.90 Å². The molecule has 0 radical (unpaired) electrons. The van der Waals surface area contributed by atoms with Crippen molar-refractivity contribution in [3.8, 4) is 0 Å². The first-order valence-corrected chi connectivity index (χ1v) is 9.63. The van der Waals surface area contributed by atoms with Crippen LogP contribution in [-0.2, 0) is 9.53 Å². The Morgan fingerprint density at radius 3 is 2.37 bits per heavy atom. The monoisotopic (exact) mass is 412 g/mol. The van der Waals surface area contributed by atoms with Crippen molar-refractivity contribution in [1.82, 2.24) is 10.2 Å². The van der Waals surface area contributed by atoms with Gasteiger partial charge in [-0.1, -0.05) is 6.07 Å². The highest BCUT2D eigenvalue weighted by Crippen LogP contribution is 2.12. The molecule has 3 N–H and O–H groups in total. The molecule has 8 nitrogen and oxygen atoms in total. The molecule has 160 valence electrons. The van der Waals surface area contributed by atoms with E-state index in [1.807, 2.05) is 0 Å². The highest BCUT2D eigenvalue weighted by Gasteiger charge is 2.09. The van der Waals surface area contributed by atoms with E-state index in [-0.39, 0.29) is 24.3 Å². The number of carbonyl (C=O) groups is 3. The average molecular weight is 412 g/mol. The third-order valence-electron chi connectivity index (χ3n) is 4.21. The van der Waals surface area contributed by atoms with Crippen LogP contribution in [0.15, 0.2) is 48.5 Å². The molecule has 30 heavy (non-hydrogen) atoms. The van der Waals surface area contributed by atoms with Crippen molar-refractivity contribution in [1.29, 1.82) is 0 Å². The summed E-state index contributed by atoms with van der Waals surface area (Å²) in [5.74, 6) is -0.514. The van der Waals surface area contributed by atoms with Crippen LogP contribution in [-0.4, -0.2) is 63.5 Å². The third-order valence-corrected chi connectivity index (χ3v) is 4.21. The van der Waals surface area contributed by atoms with E-state index in [9.17, 15) is 14.4 Å². The van der Waals surface area contributed by atoms with Gasteiger partial charge in [-0.2, -0.15) is 0 Å². The van der Waals surface area contributed by atoms with Gasteiger partial charge in [0.2, 0.25) is 5.91 Å². The Bertz CT molecular complexity index is 866. The molecule has 0 atom stereocenters. The Kier molecular flexibility index (Phi) is 8.83. The first-order valence-electron chi connectivity index (χ1n) is 9.63. The third kappa shape index (κ3) is 7.21. The minimum absolute atomic E-state index is 0.0390. The van der Waals surface area contributed by atoms with Gasteiger partial charge in [0.05, 0.1) is 6.54 Å². The van der Waals surface area contributed by atoms with E-state index in [2.05, 4.69) is 16.0 Å². The Labute approximate surface area is 176 Å². The van der Waals surface area contributed by atoms with Gasteiger partial charge in [0.15, 0.2) is 0 Å². The number of anilines is 2. The van der Waals surface area contributed by atoms with Gasteiger partial charge in [0.1, 0.15) is 0 Å². The van der Waals surface area contributed by atoms with E-state index >= 15 is 0 Å². The van der Waals surface area contributed by atoms with E-state index in [4.69, 9.17) is 4.74 Å². The zero-order chi connectivity index (χ0) is 21.9. The minimum Gasteiger partial charge on any atom is -0.385 e. The molecule has 0 fully saturated rings. The molecular weight excluding hydrogens is 384 g/mol. The van der Waals surface area contributed by atoms with Gasteiger partial charge in [-0.3, -0.25) is 14.4 Å². The number of rotatable bonds is 10. The van der Waals surface area contributed by atoms with Crippen LogP contribution in [0.3, 0.4) is 0 Å². The van der Waals surface area contributed by atoms with Gasteiger partial charge in [-0.05, 0) is 48.9 Å². The molecular formula is C22H28N4O4. The molecule has 0 saturated heterocycles. The minimum atomic E-state index is -0.240. The summed E-state index contributed by atoms with van der Waals surface area (Å²) in [5.41, 5.74) is 2.33. The highest BCUT2D eigenvalue weighted by molar-refractivity contribution is 5.97. The second-order valence-electron chi connectivity index (χ2n) is 6.86. The predicted octanol–water partition coefficient (Wildman–Crippen LogP) is 2.21. The Hall–Kier alpha value is -3.39. The number of ether oxygens (including phenoxy) is 1. The normalized spacial score (nSPS) is 10.2. The Balaban J connectivity index is 1.84. The standard InChI is InChI=1S/C22H28N4O4/c1-26(2)22(29)16-8-10-18(11-9-16)25-20(27)15-24-19-7-4-6-17(14-19)21(28)23-12-5-13-30-3/h4,6-11,14,24H,5,12-13,15H2,1-3H3,(H,23,28)(H,25,27). The van der Waals surface area contributed by atoms with Gasteiger partial charge in [0.25, 0.3) is 11.8 Å². The number of nitrogens with zero attached hydrogens (tertiary/aromatic N) is 1. The van der Waals surface area contributed by atoms with Gasteiger partial charge in [0, 0.05) is 56.9 Å². The van der Waals surface area contributed by atoms with Crippen molar-refractivity contribution in [3.05, 3.63) is 59.7 Å². The molecule has 8 heteroatoms. The second kappa shape index (κ2) is 11.6. The lowest BCUT2D eigenvalue weighted by atomic mass is 10.2. The van der Waals surface area contributed by atoms with Crippen LogP contribution in [0, 0.1) is 0 Å². The molecule has 3 amide bonds. The number of hydrogen-bond donors (Lipinski definition) is 3. The Morgan fingerprint density at radius 2 is 1.70 bits per heavy atom. The molecule has 0 saturated carbocycles. The molecule has 0 unspecified atom stereocenters. The SMILES string of the molecule is COCCCNC(=O)c1cccc(NCC(=O)Nc2ccc(C(=O)N(C)C)cc2)c1. The van der Waals surface area contributed by atoms with Crippen molar-refractivity contribution in [2.24, 2.45) is 0 Å². The van der Waals surface area contributed by atoms with Crippen LogP contribution in [0.1, 0.15) is 27.1 Å². The maximum atomic E-state index is 12.2. The molecule has 2 aromatic rings. The second-order valence-corrected chi connectivity index (χ2v) is 6.86. The van der Waals surface area contributed by atoms with Crippen LogP contribution in [0.4, 0.5) is 11.4 Å². The topological polar surface area (TPSA) is 99.8 Å². The van der Waals surface area contributed by atoms with Crippen LogP contribution in [0.2, 0.25) is 0 Å². The van der Waals surface area contributed by atoms with Crippen molar-refractivity contribution < 1.29 is 19.1 Å². The average Bonchev–Trinajstić information content (AvgIpc) is 2.75. The fraction of sp³-hybridized carbons (Fsp3) is 0.318. The molecule has 2 aromatic carbocycles. The lowest BCUT2D eigenvalue weighted by Gasteiger charge is -2.12. The van der Waals surface area contributed by atoms with Gasteiger partial charge in [-0.25, -0.2) is 0 Å². The zero-order valence-electron chi connectivity index (χ0n) is 17.5. The summed E-state index contributed by atoms with van der Waals surface area (Å²) in [6.07, 6.45) is 0.741. The zero-order valence-corrected chi connectivity index (χ0v) is 17.5. The van der Waals surface area contributed by atoms with Gasteiger partial charge in [-0.15, -0.1) is 0 Å². The molecule has 0 aliphatic rings. The molecule has 0 bridgehead atoms. The maximum Gasteiger partial charge on any atom is 0.253 e. The largest absolute Gasteiger partial charge is 0.385 e. The first-order chi connectivity index (χ1) is 14.4. The summed E-state index contributed by atoms with van der Waals surface area (Å²) in [6, 6.07) is 13.7. The molecule has 0 aromatic heterocycles. The molecule has 2 rings (SSSR count). The van der Waals surface area contributed by atoms with Crippen LogP contribution < -0.4 is 16.0 Å². The number of amides is 3. The fourth-order valence-electron chi connectivity index (χ4n) is 2.63. The fourth-order valence-corrected chi connectivity index (χ4v) is 2.63. The molecule has 0 spiro atoms. The summed E-state index contributed by atoms with van der Waals surface area (Å²) in [7, 11) is 4.99. The summed E-state index contributed by atoms with van der Waals surface area (Å²) < 4.78 is 4.95. The highest BCUT2D eigenvalue weighted by atomic mass is 16.5. The van der Waals surface area contributed by atoms with Gasteiger partial charge < -0.3 is 25.6 Å². The van der Waals surface area contributed by atoms with Gasteiger partial charge >= 0.3 is 0 Å². The van der Waals surface area contributed by atoms with E-state index < -0.39 is 0 Å². The first kappa shape index (κ1) is 22.9. The number of nitrogens with one attached hydrogen (secondary N) is 3. The van der Waals surface area contributed by atoms with Crippen molar-refractivity contribution >= 4 is 29.1 Å². The summed E-state index contributed by atoms with van der Waals surface area (Å²) in [5, 5.41) is 8.60. The van der Waals surface area contributed by atoms with E-state index in [0.29, 0.717) is 35.7 Å². The number of methoxy groups -OCH3 is 1. The Morgan fingerprint density at radius 1 is 0.967 bits per heavy atom. The number of hydrogen-bond acceptors (Lipinski definition) is 5.